The first-order chi connectivity index (χ1) is 14.5. The zero-order valence-corrected chi connectivity index (χ0v) is 18.7. The summed E-state index contributed by atoms with van der Waals surface area (Å²) in [5, 5.41) is 3.05. The van der Waals surface area contributed by atoms with Crippen LogP contribution in [0.5, 0.6) is 5.75 Å². The molecule has 0 saturated carbocycles. The van der Waals surface area contributed by atoms with E-state index >= 15 is 0 Å². The minimum absolute atomic E-state index is 0.00627. The molecule has 2 bridgehead atoms. The molecule has 1 amide bonds. The first kappa shape index (κ1) is 22.4. The van der Waals surface area contributed by atoms with Crippen molar-refractivity contribution in [2.75, 3.05) is 26.7 Å². The highest BCUT2D eigenvalue weighted by Gasteiger charge is 2.13. The minimum atomic E-state index is -0.00627. The molecule has 1 aliphatic heterocycles. The Bertz CT molecular complexity index is 832. The molecule has 0 unspecified atom stereocenters. The third-order valence-electron chi connectivity index (χ3n) is 5.61. The quantitative estimate of drug-likeness (QED) is 0.770. The zero-order valence-electron chi connectivity index (χ0n) is 18.7. The van der Waals surface area contributed by atoms with Gasteiger partial charge in [0.25, 0.3) is 5.91 Å². The Balaban J connectivity index is 1.82. The van der Waals surface area contributed by atoms with E-state index in [4.69, 9.17) is 4.74 Å². The maximum atomic E-state index is 12.6. The van der Waals surface area contributed by atoms with Crippen LogP contribution in [0.3, 0.4) is 0 Å². The summed E-state index contributed by atoms with van der Waals surface area (Å²) in [5.41, 5.74) is 4.37. The molecule has 30 heavy (non-hydrogen) atoms. The summed E-state index contributed by atoms with van der Waals surface area (Å²) in [7, 11) is 2.19. The van der Waals surface area contributed by atoms with Gasteiger partial charge in [0.2, 0.25) is 0 Å². The van der Waals surface area contributed by atoms with Gasteiger partial charge in [-0.2, -0.15) is 0 Å². The predicted octanol–water partition coefficient (Wildman–Crippen LogP) is 5.05. The van der Waals surface area contributed by atoms with Crippen LogP contribution in [0.4, 0.5) is 0 Å². The van der Waals surface area contributed by atoms with Gasteiger partial charge in [-0.3, -0.25) is 4.79 Å². The third-order valence-corrected chi connectivity index (χ3v) is 5.61. The molecular formula is C26H36N2O2. The number of hydrogen-bond acceptors (Lipinski definition) is 3. The topological polar surface area (TPSA) is 41.6 Å². The van der Waals surface area contributed by atoms with Gasteiger partial charge in [-0.15, -0.1) is 0 Å². The van der Waals surface area contributed by atoms with E-state index in [0.717, 1.165) is 56.7 Å². The Morgan fingerprint density at radius 2 is 1.93 bits per heavy atom. The molecule has 1 aliphatic rings. The van der Waals surface area contributed by atoms with E-state index in [1.165, 1.54) is 17.5 Å². The smallest absolute Gasteiger partial charge is 0.251 e. The molecule has 0 aliphatic carbocycles. The van der Waals surface area contributed by atoms with Crippen LogP contribution in [0, 0.1) is 5.92 Å². The predicted molar refractivity (Wildman–Crippen MR) is 123 cm³/mol. The van der Waals surface area contributed by atoms with Crippen LogP contribution in [0.15, 0.2) is 42.5 Å². The fourth-order valence-corrected chi connectivity index (χ4v) is 3.87. The molecule has 2 aromatic rings. The average molecular weight is 409 g/mol. The maximum Gasteiger partial charge on any atom is 0.251 e. The summed E-state index contributed by atoms with van der Waals surface area (Å²) in [6.07, 6.45) is 5.15. The number of amides is 1. The Hall–Kier alpha value is -2.33. The maximum absolute atomic E-state index is 12.6. The van der Waals surface area contributed by atoms with Crippen LogP contribution in [0.2, 0.25) is 0 Å². The number of carbonyl (C=O) groups excluding carboxylic acids is 1. The van der Waals surface area contributed by atoms with E-state index in [9.17, 15) is 4.79 Å². The SMILES string of the molecule is CC(C)CCNC(=O)c1ccc2c(c1)Cc1cccc(c1)CN(C)CCCCCO2. The lowest BCUT2D eigenvalue weighted by molar-refractivity contribution is 0.0952. The Labute approximate surface area is 181 Å². The molecule has 1 heterocycles. The fourth-order valence-electron chi connectivity index (χ4n) is 3.87. The number of fused-ring (bicyclic) bond motifs is 3. The van der Waals surface area contributed by atoms with Crippen molar-refractivity contribution in [2.45, 2.75) is 52.5 Å². The molecule has 162 valence electrons. The summed E-state index contributed by atoms with van der Waals surface area (Å²) in [6.45, 7) is 7.84. The van der Waals surface area contributed by atoms with Crippen molar-refractivity contribution in [2.24, 2.45) is 5.92 Å². The first-order valence-corrected chi connectivity index (χ1v) is 11.3. The summed E-state index contributed by atoms with van der Waals surface area (Å²) >= 11 is 0. The fraction of sp³-hybridized carbons (Fsp3) is 0.500. The van der Waals surface area contributed by atoms with Gasteiger partial charge in [-0.05, 0) is 80.1 Å². The molecule has 0 spiro atoms. The van der Waals surface area contributed by atoms with Crippen LogP contribution < -0.4 is 10.1 Å². The van der Waals surface area contributed by atoms with E-state index < -0.39 is 0 Å². The standard InChI is InChI=1S/C26H36N2O2/c1-20(2)12-13-27-26(29)23-10-11-25-24(18-23)17-21-8-7-9-22(16-21)19-28(3)14-5-4-6-15-30-25/h7-11,16,18,20H,4-6,12-15,17,19H2,1-3H3,(H,27,29). The van der Waals surface area contributed by atoms with Gasteiger partial charge in [-0.25, -0.2) is 0 Å². The summed E-state index contributed by atoms with van der Waals surface area (Å²) < 4.78 is 6.13. The number of benzene rings is 2. The van der Waals surface area contributed by atoms with Gasteiger partial charge >= 0.3 is 0 Å². The molecule has 2 aromatic carbocycles. The molecule has 4 nitrogen and oxygen atoms in total. The Kier molecular flexibility index (Phi) is 8.32. The van der Waals surface area contributed by atoms with Crippen LogP contribution >= 0.6 is 0 Å². The van der Waals surface area contributed by atoms with E-state index in [1.807, 2.05) is 18.2 Å². The van der Waals surface area contributed by atoms with E-state index in [2.05, 4.69) is 55.4 Å². The lowest BCUT2D eigenvalue weighted by Gasteiger charge is -2.19. The van der Waals surface area contributed by atoms with Crippen molar-refractivity contribution in [1.29, 1.82) is 0 Å². The highest BCUT2D eigenvalue weighted by atomic mass is 16.5. The lowest BCUT2D eigenvalue weighted by atomic mass is 9.99. The van der Waals surface area contributed by atoms with Gasteiger partial charge in [-0.1, -0.05) is 38.1 Å². The minimum Gasteiger partial charge on any atom is -0.493 e. The molecule has 0 aromatic heterocycles. The highest BCUT2D eigenvalue weighted by Crippen LogP contribution is 2.25. The number of rotatable bonds is 4. The number of nitrogens with one attached hydrogen (secondary N) is 1. The number of nitrogens with zero attached hydrogens (tertiary/aromatic N) is 1. The summed E-state index contributed by atoms with van der Waals surface area (Å²) in [5.74, 6) is 1.47. The van der Waals surface area contributed by atoms with Gasteiger partial charge in [0.1, 0.15) is 5.75 Å². The van der Waals surface area contributed by atoms with Gasteiger partial charge < -0.3 is 15.0 Å². The van der Waals surface area contributed by atoms with Crippen LogP contribution in [-0.2, 0) is 13.0 Å². The molecule has 1 N–H and O–H groups in total. The van der Waals surface area contributed by atoms with E-state index in [1.54, 1.807) is 0 Å². The van der Waals surface area contributed by atoms with Gasteiger partial charge in [0.05, 0.1) is 6.61 Å². The molecule has 0 radical (unpaired) electrons. The number of carbonyl (C=O) groups is 1. The second-order valence-corrected chi connectivity index (χ2v) is 8.90. The third kappa shape index (κ3) is 6.88. The summed E-state index contributed by atoms with van der Waals surface area (Å²) in [6, 6.07) is 14.6. The average Bonchev–Trinajstić information content (AvgIpc) is 2.70. The second-order valence-electron chi connectivity index (χ2n) is 8.90. The largest absolute Gasteiger partial charge is 0.493 e. The van der Waals surface area contributed by atoms with Crippen molar-refractivity contribution >= 4 is 5.91 Å². The number of hydrogen-bond donors (Lipinski definition) is 1. The first-order valence-electron chi connectivity index (χ1n) is 11.3. The molecule has 4 heteroatoms. The molecular weight excluding hydrogens is 372 g/mol. The molecule has 0 saturated heterocycles. The van der Waals surface area contributed by atoms with E-state index in [0.29, 0.717) is 18.0 Å². The Morgan fingerprint density at radius 3 is 2.77 bits per heavy atom. The van der Waals surface area contributed by atoms with Crippen LogP contribution in [-0.4, -0.2) is 37.6 Å². The molecule has 3 rings (SSSR count). The van der Waals surface area contributed by atoms with Crippen molar-refractivity contribution in [3.05, 3.63) is 64.7 Å². The number of ether oxygens (including phenoxy) is 1. The second kappa shape index (κ2) is 11.2. The lowest BCUT2D eigenvalue weighted by Crippen LogP contribution is -2.25. The molecule has 0 fully saturated rings. The molecule has 0 atom stereocenters. The van der Waals surface area contributed by atoms with Crippen molar-refractivity contribution in [3.8, 4) is 5.75 Å². The summed E-state index contributed by atoms with van der Waals surface area (Å²) in [4.78, 5) is 15.0. The normalized spacial score (nSPS) is 15.7. The van der Waals surface area contributed by atoms with Crippen molar-refractivity contribution in [3.63, 3.8) is 0 Å². The zero-order chi connectivity index (χ0) is 21.3. The van der Waals surface area contributed by atoms with Gasteiger partial charge in [0, 0.05) is 25.1 Å². The van der Waals surface area contributed by atoms with Crippen LogP contribution in [0.25, 0.3) is 0 Å². The monoisotopic (exact) mass is 408 g/mol. The Morgan fingerprint density at radius 1 is 1.10 bits per heavy atom. The van der Waals surface area contributed by atoms with Crippen molar-refractivity contribution < 1.29 is 9.53 Å². The van der Waals surface area contributed by atoms with Gasteiger partial charge in [0.15, 0.2) is 0 Å². The van der Waals surface area contributed by atoms with E-state index in [-0.39, 0.29) is 5.91 Å². The van der Waals surface area contributed by atoms with Crippen LogP contribution in [0.1, 0.15) is 66.6 Å². The highest BCUT2D eigenvalue weighted by molar-refractivity contribution is 5.94. The van der Waals surface area contributed by atoms with Crippen molar-refractivity contribution in [1.82, 2.24) is 10.2 Å².